The highest BCUT2D eigenvalue weighted by molar-refractivity contribution is 5.76. The van der Waals surface area contributed by atoms with Crippen LogP contribution in [0.3, 0.4) is 0 Å². The largest absolute Gasteiger partial charge is 0.466 e. The molecule has 0 aromatic carbocycles. The van der Waals surface area contributed by atoms with Crippen LogP contribution in [0.4, 0.5) is 0 Å². The lowest BCUT2D eigenvalue weighted by Crippen LogP contribution is -2.45. The summed E-state index contributed by atoms with van der Waals surface area (Å²) < 4.78 is 5.49. The Morgan fingerprint density at radius 2 is 0.500 bits per heavy atom. The van der Waals surface area contributed by atoms with Crippen molar-refractivity contribution in [3.8, 4) is 0 Å². The van der Waals surface area contributed by atoms with Crippen molar-refractivity contribution in [3.05, 3.63) is 24.3 Å². The third kappa shape index (κ3) is 79.3. The van der Waals surface area contributed by atoms with Gasteiger partial charge in [-0.15, -0.1) is 0 Å². The van der Waals surface area contributed by atoms with Crippen LogP contribution in [-0.4, -0.2) is 47.4 Å². The third-order valence-corrected chi connectivity index (χ3v) is 20.7. The van der Waals surface area contributed by atoms with Crippen molar-refractivity contribution in [3.63, 3.8) is 0 Å². The maximum absolute atomic E-state index is 12.6. The Balaban J connectivity index is 3.32. The number of carbonyl (C=O) groups is 2. The van der Waals surface area contributed by atoms with Gasteiger partial charge < -0.3 is 20.3 Å². The van der Waals surface area contributed by atoms with Crippen LogP contribution in [0.1, 0.15) is 502 Å². The van der Waals surface area contributed by atoms with E-state index in [9.17, 15) is 19.8 Å². The summed E-state index contributed by atoms with van der Waals surface area (Å²) in [5.41, 5.74) is 0. The molecule has 0 spiro atoms. The molecule has 2 atom stereocenters. The van der Waals surface area contributed by atoms with Gasteiger partial charge in [0, 0.05) is 12.8 Å². The van der Waals surface area contributed by atoms with Crippen molar-refractivity contribution in [1.29, 1.82) is 0 Å². The van der Waals surface area contributed by atoms with Gasteiger partial charge in [0.05, 0.1) is 25.4 Å². The molecule has 3 N–H and O–H groups in total. The average molecular weight is 1320 g/mol. The molecule has 0 radical (unpaired) electrons. The molecule has 1 amide bonds. The van der Waals surface area contributed by atoms with Crippen molar-refractivity contribution in [2.75, 3.05) is 13.2 Å². The Hall–Kier alpha value is -1.66. The van der Waals surface area contributed by atoms with E-state index in [1.807, 2.05) is 6.08 Å². The van der Waals surface area contributed by atoms with Gasteiger partial charge in [0.1, 0.15) is 0 Å². The number of nitrogens with one attached hydrogen (secondary N) is 1. The van der Waals surface area contributed by atoms with Gasteiger partial charge in [0.15, 0.2) is 0 Å². The lowest BCUT2D eigenvalue weighted by atomic mass is 10.0. The number of allylic oxidation sites excluding steroid dienone is 3. The van der Waals surface area contributed by atoms with E-state index in [1.165, 1.54) is 430 Å². The number of hydrogen-bond donors (Lipinski definition) is 3. The molecular weight excluding hydrogens is 1150 g/mol. The summed E-state index contributed by atoms with van der Waals surface area (Å²) in [6.07, 6.45) is 109. The molecule has 0 aliphatic carbocycles. The Labute approximate surface area is 590 Å². The number of rotatable bonds is 83. The second-order valence-corrected chi connectivity index (χ2v) is 30.2. The molecule has 0 aromatic heterocycles. The highest BCUT2D eigenvalue weighted by Gasteiger charge is 2.18. The van der Waals surface area contributed by atoms with E-state index in [1.54, 1.807) is 6.08 Å². The van der Waals surface area contributed by atoms with Crippen LogP contribution in [0.5, 0.6) is 0 Å². The van der Waals surface area contributed by atoms with Gasteiger partial charge in [0.25, 0.3) is 0 Å². The van der Waals surface area contributed by atoms with Gasteiger partial charge in [-0.25, -0.2) is 0 Å². The first-order valence-corrected chi connectivity index (χ1v) is 43.6. The highest BCUT2D eigenvalue weighted by Crippen LogP contribution is 2.21. The maximum Gasteiger partial charge on any atom is 0.305 e. The fraction of sp³-hybridized carbons (Fsp3) is 0.932. The smallest absolute Gasteiger partial charge is 0.305 e. The van der Waals surface area contributed by atoms with Crippen LogP contribution in [0.25, 0.3) is 0 Å². The first-order valence-electron chi connectivity index (χ1n) is 43.6. The van der Waals surface area contributed by atoms with E-state index in [2.05, 4.69) is 31.3 Å². The van der Waals surface area contributed by atoms with Gasteiger partial charge >= 0.3 is 5.97 Å². The molecule has 94 heavy (non-hydrogen) atoms. The number of amides is 1. The molecule has 6 nitrogen and oxygen atoms in total. The summed E-state index contributed by atoms with van der Waals surface area (Å²) >= 11 is 0. The van der Waals surface area contributed by atoms with E-state index < -0.39 is 12.1 Å². The molecule has 0 aliphatic rings. The Bertz CT molecular complexity index is 1480. The number of hydrogen-bond acceptors (Lipinski definition) is 5. The molecule has 0 saturated heterocycles. The monoisotopic (exact) mass is 1320 g/mol. The Morgan fingerprint density at radius 3 is 0.766 bits per heavy atom. The van der Waals surface area contributed by atoms with E-state index >= 15 is 0 Å². The Morgan fingerprint density at radius 1 is 0.287 bits per heavy atom. The normalized spacial score (nSPS) is 12.5. The lowest BCUT2D eigenvalue weighted by molar-refractivity contribution is -0.143. The SMILES string of the molecule is CCCCCC/C=C\CCCCCCCC(=O)OCCCCCCCCCCCCCCCCCCCCCCCCCCCCCCCCCCCCCCCCCC(=O)NC(CO)C(O)/C=C/CCCCCCCCCCCCCCCCCCCCCCCCC. The van der Waals surface area contributed by atoms with Gasteiger partial charge in [-0.3, -0.25) is 9.59 Å². The highest BCUT2D eigenvalue weighted by atomic mass is 16.5. The summed E-state index contributed by atoms with van der Waals surface area (Å²) in [5, 5.41) is 23.3. The molecular formula is C88H171NO5. The number of ether oxygens (including phenoxy) is 1. The van der Waals surface area contributed by atoms with Crippen LogP contribution < -0.4 is 5.32 Å². The molecule has 0 fully saturated rings. The van der Waals surface area contributed by atoms with E-state index in [4.69, 9.17) is 4.74 Å². The minimum Gasteiger partial charge on any atom is -0.466 e. The minimum atomic E-state index is -0.842. The van der Waals surface area contributed by atoms with Crippen LogP contribution in [-0.2, 0) is 14.3 Å². The lowest BCUT2D eigenvalue weighted by Gasteiger charge is -2.20. The zero-order chi connectivity index (χ0) is 67.7. The standard InChI is InChI=1S/C88H171NO5/c1-3-5-7-9-11-13-15-17-18-19-20-21-22-38-41-44-47-50-53-57-60-64-68-72-76-80-86(91)85(84-90)89-87(92)81-77-73-69-65-61-58-54-51-48-45-42-39-36-34-32-30-28-26-24-23-25-27-29-31-33-35-37-40-43-46-49-52-55-59-63-67-71-75-79-83-94-88(93)82-78-74-70-66-62-56-16-14-12-10-8-6-4-2/h14,16,76,80,85-86,90-91H,3-13,15,17-75,77-79,81-84H2,1-2H3,(H,89,92)/b16-14-,80-76+. The number of unbranched alkanes of at least 4 members (excludes halogenated alkanes) is 70. The summed E-state index contributed by atoms with van der Waals surface area (Å²) in [6.45, 7) is 4.95. The molecule has 0 aliphatic heterocycles. The second kappa shape index (κ2) is 83.8. The fourth-order valence-corrected chi connectivity index (χ4v) is 14.1. The van der Waals surface area contributed by atoms with Crippen molar-refractivity contribution in [1.82, 2.24) is 5.32 Å². The molecule has 0 rings (SSSR count). The minimum absolute atomic E-state index is 0.0156. The number of aliphatic hydroxyl groups is 2. The summed E-state index contributed by atoms with van der Waals surface area (Å²) in [6, 6.07) is -0.625. The van der Waals surface area contributed by atoms with Gasteiger partial charge in [-0.2, -0.15) is 0 Å². The first kappa shape index (κ1) is 92.3. The Kier molecular flexibility index (Phi) is 82.3. The van der Waals surface area contributed by atoms with Crippen LogP contribution >= 0.6 is 0 Å². The predicted octanol–water partition coefficient (Wildman–Crippen LogP) is 29.2. The van der Waals surface area contributed by atoms with E-state index in [-0.39, 0.29) is 18.5 Å². The number of esters is 1. The van der Waals surface area contributed by atoms with Crippen molar-refractivity contribution < 1.29 is 24.5 Å². The molecule has 6 heteroatoms. The third-order valence-electron chi connectivity index (χ3n) is 20.7. The molecule has 2 unspecified atom stereocenters. The van der Waals surface area contributed by atoms with Gasteiger partial charge in [-0.1, -0.05) is 456 Å². The van der Waals surface area contributed by atoms with Crippen LogP contribution in [0, 0.1) is 0 Å². The molecule has 558 valence electrons. The molecule has 0 aromatic rings. The summed E-state index contributed by atoms with van der Waals surface area (Å²) in [5.74, 6) is -0.0402. The maximum atomic E-state index is 12.6. The molecule has 0 heterocycles. The molecule has 0 saturated carbocycles. The quantitative estimate of drug-likeness (QED) is 0.0320. The van der Waals surface area contributed by atoms with Crippen LogP contribution in [0.15, 0.2) is 24.3 Å². The average Bonchev–Trinajstić information content (AvgIpc) is 3.72. The van der Waals surface area contributed by atoms with Crippen molar-refractivity contribution in [2.45, 2.75) is 514 Å². The summed E-state index contributed by atoms with van der Waals surface area (Å²) in [4.78, 5) is 24.6. The first-order chi connectivity index (χ1) is 46.5. The predicted molar refractivity (Wildman–Crippen MR) is 417 cm³/mol. The molecule has 0 bridgehead atoms. The van der Waals surface area contributed by atoms with Crippen molar-refractivity contribution >= 4 is 11.9 Å². The van der Waals surface area contributed by atoms with E-state index in [0.717, 1.165) is 44.9 Å². The van der Waals surface area contributed by atoms with Crippen molar-refractivity contribution in [2.24, 2.45) is 0 Å². The topological polar surface area (TPSA) is 95.9 Å². The number of carbonyl (C=O) groups excluding carboxylic acids is 2. The van der Waals surface area contributed by atoms with Crippen LogP contribution in [0.2, 0.25) is 0 Å². The fourth-order valence-electron chi connectivity index (χ4n) is 14.1. The second-order valence-electron chi connectivity index (χ2n) is 30.2. The summed E-state index contributed by atoms with van der Waals surface area (Å²) in [7, 11) is 0. The van der Waals surface area contributed by atoms with Gasteiger partial charge in [-0.05, 0) is 57.8 Å². The van der Waals surface area contributed by atoms with Gasteiger partial charge in [0.2, 0.25) is 5.91 Å². The zero-order valence-electron chi connectivity index (χ0n) is 64.2. The number of aliphatic hydroxyl groups excluding tert-OH is 2. The van der Waals surface area contributed by atoms with E-state index in [0.29, 0.717) is 19.4 Å². The zero-order valence-corrected chi connectivity index (χ0v) is 64.2.